The van der Waals surface area contributed by atoms with Crippen molar-refractivity contribution in [3.8, 4) is 0 Å². The van der Waals surface area contributed by atoms with Gasteiger partial charge in [0.1, 0.15) is 6.04 Å². The van der Waals surface area contributed by atoms with Crippen LogP contribution in [0.5, 0.6) is 0 Å². The second kappa shape index (κ2) is 6.56. The van der Waals surface area contributed by atoms with E-state index in [0.717, 1.165) is 4.90 Å². The highest BCUT2D eigenvalue weighted by atomic mass is 16.2. The van der Waals surface area contributed by atoms with Gasteiger partial charge in [0.25, 0.3) is 11.8 Å². The van der Waals surface area contributed by atoms with Crippen LogP contribution in [0, 0.1) is 0 Å². The molecule has 1 saturated heterocycles. The van der Waals surface area contributed by atoms with Crippen LogP contribution in [0.4, 0.5) is 22.0 Å². The van der Waals surface area contributed by atoms with Crippen molar-refractivity contribution < 1.29 is 14.4 Å². The molecule has 9 heteroatoms. The maximum atomic E-state index is 12.3. The molecule has 128 valence electrons. The number of hydrogen-bond donors (Lipinski definition) is 3. The lowest BCUT2D eigenvalue weighted by Crippen LogP contribution is -2.31. The van der Waals surface area contributed by atoms with Crippen LogP contribution in [0.25, 0.3) is 0 Å². The molecule has 0 bridgehead atoms. The lowest BCUT2D eigenvalue weighted by Gasteiger charge is -2.14. The van der Waals surface area contributed by atoms with Gasteiger partial charge in [-0.2, -0.15) is 0 Å². The summed E-state index contributed by atoms with van der Waals surface area (Å²) in [6.07, 6.45) is 3.25. The first-order chi connectivity index (χ1) is 12.0. The number of nitrogens with one attached hydrogen (secondary N) is 2. The molecular formula is C16H16N6O3. The largest absolute Gasteiger partial charge is 0.382 e. The SMILES string of the molecule is CCC1NC(=O)N(c2cccc(NC(=O)c3nccnc3N)c2)C1=O. The molecule has 2 aromatic rings. The van der Waals surface area contributed by atoms with Crippen molar-refractivity contribution in [2.75, 3.05) is 16.0 Å². The molecule has 0 spiro atoms. The summed E-state index contributed by atoms with van der Waals surface area (Å²) in [5.41, 5.74) is 6.39. The molecule has 1 aliphatic rings. The van der Waals surface area contributed by atoms with Crippen LogP contribution in [0.2, 0.25) is 0 Å². The Hall–Kier alpha value is -3.49. The van der Waals surface area contributed by atoms with Gasteiger partial charge in [0, 0.05) is 18.1 Å². The fourth-order valence-corrected chi connectivity index (χ4v) is 2.49. The summed E-state index contributed by atoms with van der Waals surface area (Å²) in [6, 6.07) is 5.37. The van der Waals surface area contributed by atoms with E-state index in [1.54, 1.807) is 18.2 Å². The van der Waals surface area contributed by atoms with Crippen molar-refractivity contribution in [3.63, 3.8) is 0 Å². The Bertz CT molecular complexity index is 853. The number of nitrogens with two attached hydrogens (primary N) is 1. The van der Waals surface area contributed by atoms with Gasteiger partial charge >= 0.3 is 6.03 Å². The van der Waals surface area contributed by atoms with Crippen LogP contribution >= 0.6 is 0 Å². The zero-order valence-electron chi connectivity index (χ0n) is 13.4. The highest BCUT2D eigenvalue weighted by Crippen LogP contribution is 2.24. The zero-order chi connectivity index (χ0) is 18.0. The molecule has 0 aliphatic carbocycles. The quantitative estimate of drug-likeness (QED) is 0.716. The van der Waals surface area contributed by atoms with Gasteiger partial charge < -0.3 is 16.4 Å². The minimum absolute atomic E-state index is 0.00561. The number of imide groups is 1. The Morgan fingerprint density at radius 1 is 1.32 bits per heavy atom. The lowest BCUT2D eigenvalue weighted by molar-refractivity contribution is -0.118. The van der Waals surface area contributed by atoms with Gasteiger partial charge in [-0.1, -0.05) is 13.0 Å². The number of nitrogens with zero attached hydrogens (tertiary/aromatic N) is 3. The molecule has 2 heterocycles. The van der Waals surface area contributed by atoms with Gasteiger partial charge in [0.2, 0.25) is 0 Å². The number of rotatable bonds is 4. The van der Waals surface area contributed by atoms with Crippen LogP contribution in [-0.4, -0.2) is 33.9 Å². The molecule has 25 heavy (non-hydrogen) atoms. The number of carbonyl (C=O) groups is 3. The third-order valence-corrected chi connectivity index (χ3v) is 3.73. The number of amides is 4. The summed E-state index contributed by atoms with van der Waals surface area (Å²) in [5.74, 6) is -0.850. The van der Waals surface area contributed by atoms with Gasteiger partial charge in [-0.05, 0) is 24.6 Å². The Kier molecular flexibility index (Phi) is 4.29. The molecule has 1 aromatic carbocycles. The Morgan fingerprint density at radius 2 is 2.08 bits per heavy atom. The number of carbonyl (C=O) groups excluding carboxylic acids is 3. The summed E-state index contributed by atoms with van der Waals surface area (Å²) >= 11 is 0. The van der Waals surface area contributed by atoms with Gasteiger partial charge in [-0.15, -0.1) is 0 Å². The number of anilines is 3. The number of nitrogen functional groups attached to an aromatic ring is 1. The predicted octanol–water partition coefficient (Wildman–Crippen LogP) is 1.15. The van der Waals surface area contributed by atoms with Gasteiger partial charge in [0.15, 0.2) is 11.5 Å². The molecule has 1 aromatic heterocycles. The standard InChI is InChI=1S/C16H16N6O3/c1-2-11-15(24)22(16(25)21-11)10-5-3-4-9(8-10)20-14(23)12-13(17)19-7-6-18-12/h3-8,11H,2H2,1H3,(H2,17,19)(H,20,23)(H,21,25). The highest BCUT2D eigenvalue weighted by Gasteiger charge is 2.37. The van der Waals surface area contributed by atoms with E-state index in [1.807, 2.05) is 6.92 Å². The molecule has 4 N–H and O–H groups in total. The lowest BCUT2D eigenvalue weighted by atomic mass is 10.2. The minimum Gasteiger partial charge on any atom is -0.382 e. The Morgan fingerprint density at radius 3 is 2.76 bits per heavy atom. The molecular weight excluding hydrogens is 324 g/mol. The molecule has 4 amide bonds. The van der Waals surface area contributed by atoms with Crippen LogP contribution < -0.4 is 21.3 Å². The van der Waals surface area contributed by atoms with Crippen molar-refractivity contribution in [1.29, 1.82) is 0 Å². The monoisotopic (exact) mass is 340 g/mol. The molecule has 9 nitrogen and oxygen atoms in total. The number of aromatic nitrogens is 2. The average Bonchev–Trinajstić information content (AvgIpc) is 2.89. The average molecular weight is 340 g/mol. The van der Waals surface area contributed by atoms with Crippen LogP contribution in [-0.2, 0) is 4.79 Å². The summed E-state index contributed by atoms with van der Waals surface area (Å²) < 4.78 is 0. The number of hydrogen-bond acceptors (Lipinski definition) is 6. The maximum absolute atomic E-state index is 12.3. The second-order valence-corrected chi connectivity index (χ2v) is 5.38. The molecule has 3 rings (SSSR count). The topological polar surface area (TPSA) is 130 Å². The van der Waals surface area contributed by atoms with E-state index in [1.165, 1.54) is 18.5 Å². The summed E-state index contributed by atoms with van der Waals surface area (Å²) in [7, 11) is 0. The van der Waals surface area contributed by atoms with E-state index < -0.39 is 18.0 Å². The van der Waals surface area contributed by atoms with Gasteiger partial charge in [0.05, 0.1) is 5.69 Å². The van der Waals surface area contributed by atoms with E-state index in [9.17, 15) is 14.4 Å². The van der Waals surface area contributed by atoms with E-state index in [4.69, 9.17) is 5.73 Å². The highest BCUT2D eigenvalue weighted by molar-refractivity contribution is 6.21. The van der Waals surface area contributed by atoms with Crippen molar-refractivity contribution >= 4 is 35.0 Å². The first-order valence-electron chi connectivity index (χ1n) is 7.63. The van der Waals surface area contributed by atoms with Crippen molar-refractivity contribution in [1.82, 2.24) is 15.3 Å². The maximum Gasteiger partial charge on any atom is 0.329 e. The molecule has 0 saturated carbocycles. The fourth-order valence-electron chi connectivity index (χ4n) is 2.49. The second-order valence-electron chi connectivity index (χ2n) is 5.38. The smallest absolute Gasteiger partial charge is 0.329 e. The van der Waals surface area contributed by atoms with E-state index in [-0.39, 0.29) is 17.4 Å². The van der Waals surface area contributed by atoms with Crippen molar-refractivity contribution in [2.24, 2.45) is 0 Å². The van der Waals surface area contributed by atoms with Crippen molar-refractivity contribution in [3.05, 3.63) is 42.4 Å². The van der Waals surface area contributed by atoms with E-state index >= 15 is 0 Å². The third-order valence-electron chi connectivity index (χ3n) is 3.73. The van der Waals surface area contributed by atoms with Crippen LogP contribution in [0.3, 0.4) is 0 Å². The molecule has 1 aliphatic heterocycles. The fraction of sp³-hybridized carbons (Fsp3) is 0.188. The van der Waals surface area contributed by atoms with Crippen LogP contribution in [0.1, 0.15) is 23.8 Å². The summed E-state index contributed by atoms with van der Waals surface area (Å²) in [6.45, 7) is 1.81. The van der Waals surface area contributed by atoms with Gasteiger partial charge in [-0.3, -0.25) is 9.59 Å². The van der Waals surface area contributed by atoms with E-state index in [0.29, 0.717) is 17.8 Å². The Balaban J connectivity index is 1.83. The number of urea groups is 1. The predicted molar refractivity (Wildman–Crippen MR) is 90.9 cm³/mol. The number of benzene rings is 1. The minimum atomic E-state index is -0.537. The molecule has 1 atom stereocenters. The summed E-state index contributed by atoms with van der Waals surface area (Å²) in [4.78, 5) is 45.3. The normalized spacial score (nSPS) is 16.7. The first kappa shape index (κ1) is 16.4. The summed E-state index contributed by atoms with van der Waals surface area (Å²) in [5, 5.41) is 5.24. The molecule has 1 fully saturated rings. The van der Waals surface area contributed by atoms with Crippen LogP contribution in [0.15, 0.2) is 36.7 Å². The van der Waals surface area contributed by atoms with Crippen molar-refractivity contribution in [2.45, 2.75) is 19.4 Å². The molecule has 0 radical (unpaired) electrons. The third kappa shape index (κ3) is 3.11. The van der Waals surface area contributed by atoms with Gasteiger partial charge in [-0.25, -0.2) is 19.7 Å². The zero-order valence-corrected chi connectivity index (χ0v) is 13.4. The Labute approximate surface area is 143 Å². The first-order valence-corrected chi connectivity index (χ1v) is 7.63. The van der Waals surface area contributed by atoms with E-state index in [2.05, 4.69) is 20.6 Å². The molecule has 1 unspecified atom stereocenters.